The van der Waals surface area contributed by atoms with Crippen molar-refractivity contribution in [3.05, 3.63) is 34.9 Å². The summed E-state index contributed by atoms with van der Waals surface area (Å²) in [7, 11) is 0. The lowest BCUT2D eigenvalue weighted by molar-refractivity contribution is 0.134. The van der Waals surface area contributed by atoms with Gasteiger partial charge in [-0.25, -0.2) is 0 Å². The van der Waals surface area contributed by atoms with E-state index in [0.717, 1.165) is 13.0 Å². The van der Waals surface area contributed by atoms with E-state index in [2.05, 4.69) is 59.7 Å². The number of ether oxygens (including phenoxy) is 1. The predicted octanol–water partition coefficient (Wildman–Crippen LogP) is 5.21. The van der Waals surface area contributed by atoms with E-state index < -0.39 is 0 Å². The molecular formula is C18H30O. The van der Waals surface area contributed by atoms with Gasteiger partial charge in [-0.1, -0.05) is 59.7 Å². The molecule has 0 aliphatic heterocycles. The third-order valence-electron chi connectivity index (χ3n) is 4.00. The average molecular weight is 262 g/mol. The highest BCUT2D eigenvalue weighted by atomic mass is 16.5. The fraction of sp³-hybridized carbons (Fsp3) is 0.667. The van der Waals surface area contributed by atoms with E-state index in [1.165, 1.54) is 16.7 Å². The molecule has 0 aliphatic rings. The Bertz CT molecular complexity index is 410. The van der Waals surface area contributed by atoms with Gasteiger partial charge in [0, 0.05) is 6.61 Å². The Morgan fingerprint density at radius 2 is 1.47 bits per heavy atom. The van der Waals surface area contributed by atoms with Crippen molar-refractivity contribution in [1.82, 2.24) is 0 Å². The van der Waals surface area contributed by atoms with E-state index in [0.29, 0.717) is 6.61 Å². The van der Waals surface area contributed by atoms with E-state index in [1.807, 2.05) is 6.92 Å². The molecule has 1 aromatic rings. The van der Waals surface area contributed by atoms with Gasteiger partial charge < -0.3 is 4.74 Å². The molecule has 0 N–H and O–H groups in total. The van der Waals surface area contributed by atoms with Gasteiger partial charge in [-0.15, -0.1) is 0 Å². The van der Waals surface area contributed by atoms with Crippen LogP contribution < -0.4 is 0 Å². The van der Waals surface area contributed by atoms with E-state index in [1.54, 1.807) is 0 Å². The van der Waals surface area contributed by atoms with Gasteiger partial charge in [0.1, 0.15) is 0 Å². The molecule has 0 aliphatic carbocycles. The molecule has 108 valence electrons. The van der Waals surface area contributed by atoms with Crippen molar-refractivity contribution in [2.75, 3.05) is 6.61 Å². The molecular weight excluding hydrogens is 232 g/mol. The van der Waals surface area contributed by atoms with Crippen LogP contribution in [0.1, 0.15) is 71.6 Å². The summed E-state index contributed by atoms with van der Waals surface area (Å²) in [5, 5.41) is 0. The van der Waals surface area contributed by atoms with Gasteiger partial charge in [-0.2, -0.15) is 0 Å². The van der Waals surface area contributed by atoms with Crippen LogP contribution in [0.5, 0.6) is 0 Å². The Morgan fingerprint density at radius 3 is 1.95 bits per heavy atom. The first-order valence-corrected chi connectivity index (χ1v) is 7.43. The zero-order valence-electron chi connectivity index (χ0n) is 13.8. The quantitative estimate of drug-likeness (QED) is 0.708. The second-order valence-corrected chi connectivity index (χ2v) is 7.04. The highest BCUT2D eigenvalue weighted by Crippen LogP contribution is 2.32. The minimum absolute atomic E-state index is 0.181. The van der Waals surface area contributed by atoms with E-state index in [9.17, 15) is 0 Å². The SMILES string of the molecule is CCOCc1cc(C(C)(C)C)cc(C(C)(C)CC)c1. The topological polar surface area (TPSA) is 9.23 Å². The van der Waals surface area contributed by atoms with Crippen molar-refractivity contribution >= 4 is 0 Å². The molecule has 19 heavy (non-hydrogen) atoms. The fourth-order valence-electron chi connectivity index (χ4n) is 2.02. The normalized spacial score (nSPS) is 12.8. The fourth-order valence-corrected chi connectivity index (χ4v) is 2.02. The number of hydrogen-bond acceptors (Lipinski definition) is 1. The second-order valence-electron chi connectivity index (χ2n) is 7.04. The minimum atomic E-state index is 0.181. The second kappa shape index (κ2) is 6.09. The Balaban J connectivity index is 3.24. The molecule has 1 aromatic carbocycles. The summed E-state index contributed by atoms with van der Waals surface area (Å²) in [5.41, 5.74) is 4.53. The van der Waals surface area contributed by atoms with E-state index >= 15 is 0 Å². The van der Waals surface area contributed by atoms with Crippen LogP contribution in [0.25, 0.3) is 0 Å². The standard InChI is InChI=1S/C18H30O/c1-8-18(6,7)16-11-14(13-19-9-2)10-15(12-16)17(3,4)5/h10-12H,8-9,13H2,1-7H3. The number of benzene rings is 1. The first kappa shape index (κ1) is 16.2. The van der Waals surface area contributed by atoms with Gasteiger partial charge in [-0.3, -0.25) is 0 Å². The molecule has 0 saturated heterocycles. The summed E-state index contributed by atoms with van der Waals surface area (Å²) < 4.78 is 5.59. The molecule has 0 unspecified atom stereocenters. The van der Waals surface area contributed by atoms with Crippen LogP contribution in [0.4, 0.5) is 0 Å². The number of hydrogen-bond donors (Lipinski definition) is 0. The smallest absolute Gasteiger partial charge is 0.0716 e. The van der Waals surface area contributed by atoms with E-state index in [4.69, 9.17) is 4.74 Å². The molecule has 0 saturated carbocycles. The molecule has 0 amide bonds. The molecule has 1 heteroatoms. The molecule has 0 aromatic heterocycles. The van der Waals surface area contributed by atoms with E-state index in [-0.39, 0.29) is 10.8 Å². The average Bonchev–Trinajstić information content (AvgIpc) is 2.35. The molecule has 0 bridgehead atoms. The summed E-state index contributed by atoms with van der Waals surface area (Å²) >= 11 is 0. The molecule has 0 spiro atoms. The maximum absolute atomic E-state index is 5.59. The Kier molecular flexibility index (Phi) is 5.20. The molecule has 0 fully saturated rings. The van der Waals surface area contributed by atoms with Crippen molar-refractivity contribution in [3.63, 3.8) is 0 Å². The van der Waals surface area contributed by atoms with Crippen molar-refractivity contribution in [2.24, 2.45) is 0 Å². The van der Waals surface area contributed by atoms with Crippen LogP contribution in [0.15, 0.2) is 18.2 Å². The third kappa shape index (κ3) is 4.35. The van der Waals surface area contributed by atoms with Crippen molar-refractivity contribution in [2.45, 2.75) is 72.3 Å². The lowest BCUT2D eigenvalue weighted by atomic mass is 9.77. The highest BCUT2D eigenvalue weighted by molar-refractivity contribution is 5.37. The first-order valence-electron chi connectivity index (χ1n) is 7.43. The Hall–Kier alpha value is -0.820. The summed E-state index contributed by atoms with van der Waals surface area (Å²) in [5.74, 6) is 0. The Morgan fingerprint density at radius 1 is 0.895 bits per heavy atom. The van der Waals surface area contributed by atoms with Crippen LogP contribution in [0.2, 0.25) is 0 Å². The van der Waals surface area contributed by atoms with Crippen LogP contribution in [-0.4, -0.2) is 6.61 Å². The minimum Gasteiger partial charge on any atom is -0.377 e. The number of rotatable bonds is 5. The van der Waals surface area contributed by atoms with Gasteiger partial charge in [-0.05, 0) is 40.9 Å². The zero-order valence-corrected chi connectivity index (χ0v) is 13.8. The Labute approximate surface area is 119 Å². The van der Waals surface area contributed by atoms with Crippen LogP contribution in [0.3, 0.4) is 0 Å². The lowest BCUT2D eigenvalue weighted by Gasteiger charge is -2.28. The van der Waals surface area contributed by atoms with Crippen LogP contribution >= 0.6 is 0 Å². The maximum atomic E-state index is 5.59. The molecule has 0 radical (unpaired) electrons. The summed E-state index contributed by atoms with van der Waals surface area (Å²) in [4.78, 5) is 0. The summed E-state index contributed by atoms with van der Waals surface area (Å²) in [6.45, 7) is 17.2. The van der Waals surface area contributed by atoms with Crippen LogP contribution in [0, 0.1) is 0 Å². The monoisotopic (exact) mass is 262 g/mol. The maximum Gasteiger partial charge on any atom is 0.0716 e. The van der Waals surface area contributed by atoms with Gasteiger partial charge >= 0.3 is 0 Å². The predicted molar refractivity (Wildman–Crippen MR) is 83.8 cm³/mol. The molecule has 0 heterocycles. The van der Waals surface area contributed by atoms with Gasteiger partial charge in [0.15, 0.2) is 0 Å². The van der Waals surface area contributed by atoms with Crippen molar-refractivity contribution in [1.29, 1.82) is 0 Å². The zero-order chi connectivity index (χ0) is 14.7. The third-order valence-corrected chi connectivity index (χ3v) is 4.00. The molecule has 1 rings (SSSR count). The lowest BCUT2D eigenvalue weighted by Crippen LogP contribution is -2.19. The highest BCUT2D eigenvalue weighted by Gasteiger charge is 2.22. The van der Waals surface area contributed by atoms with Gasteiger partial charge in [0.05, 0.1) is 6.61 Å². The molecule has 1 nitrogen and oxygen atoms in total. The largest absolute Gasteiger partial charge is 0.377 e. The van der Waals surface area contributed by atoms with Crippen molar-refractivity contribution in [3.8, 4) is 0 Å². The van der Waals surface area contributed by atoms with Crippen LogP contribution in [-0.2, 0) is 22.2 Å². The first-order chi connectivity index (χ1) is 8.70. The molecule has 0 atom stereocenters. The van der Waals surface area contributed by atoms with Crippen molar-refractivity contribution < 1.29 is 4.74 Å². The van der Waals surface area contributed by atoms with Gasteiger partial charge in [0.2, 0.25) is 0 Å². The summed E-state index contributed by atoms with van der Waals surface area (Å²) in [6.07, 6.45) is 1.15. The van der Waals surface area contributed by atoms with Gasteiger partial charge in [0.25, 0.3) is 0 Å². The summed E-state index contributed by atoms with van der Waals surface area (Å²) in [6, 6.07) is 6.98.